The average Bonchev–Trinajstić information content (AvgIpc) is 2.47. The van der Waals surface area contributed by atoms with Gasteiger partial charge < -0.3 is 19.3 Å². The van der Waals surface area contributed by atoms with Crippen LogP contribution in [0.15, 0.2) is 33.8 Å². The van der Waals surface area contributed by atoms with Gasteiger partial charge >= 0.3 is 5.97 Å². The minimum Gasteiger partial charge on any atom is -0.510 e. The second kappa shape index (κ2) is 8.23. The number of methoxy groups -OCH3 is 2. The fraction of sp³-hybridized carbons (Fsp3) is 0.357. The number of esters is 1. The normalized spacial score (nSPS) is 12.0. The Morgan fingerprint density at radius 3 is 2.41 bits per heavy atom. The van der Waals surface area contributed by atoms with Gasteiger partial charge in [0, 0.05) is 6.07 Å². The number of halogens is 1. The molecule has 0 aliphatic carbocycles. The van der Waals surface area contributed by atoms with Gasteiger partial charge in [0.2, 0.25) is 5.70 Å². The number of aliphatic hydroxyl groups is 1. The van der Waals surface area contributed by atoms with E-state index in [1.165, 1.54) is 33.3 Å². The molecule has 0 fully saturated rings. The van der Waals surface area contributed by atoms with E-state index in [1.54, 1.807) is 6.92 Å². The van der Waals surface area contributed by atoms with Crippen LogP contribution in [0.3, 0.4) is 0 Å². The highest BCUT2D eigenvalue weighted by Crippen LogP contribution is 2.38. The van der Waals surface area contributed by atoms with Crippen LogP contribution >= 0.6 is 11.6 Å². The number of benzene rings is 1. The van der Waals surface area contributed by atoms with E-state index in [2.05, 4.69) is 10.2 Å². The number of ether oxygens (including phenoxy) is 3. The maximum atomic E-state index is 11.7. The highest BCUT2D eigenvalue weighted by Gasteiger charge is 2.15. The molecular weight excluding hydrogens is 312 g/mol. The lowest BCUT2D eigenvalue weighted by molar-refractivity contribution is -0.138. The van der Waals surface area contributed by atoms with E-state index in [1.807, 2.05) is 0 Å². The molecule has 0 radical (unpaired) electrons. The van der Waals surface area contributed by atoms with E-state index >= 15 is 0 Å². The van der Waals surface area contributed by atoms with Crippen molar-refractivity contribution in [1.82, 2.24) is 0 Å². The second-order valence-corrected chi connectivity index (χ2v) is 4.42. The predicted molar refractivity (Wildman–Crippen MR) is 81.0 cm³/mol. The zero-order valence-electron chi connectivity index (χ0n) is 12.7. The van der Waals surface area contributed by atoms with Gasteiger partial charge in [0.15, 0.2) is 0 Å². The van der Waals surface area contributed by atoms with Crippen molar-refractivity contribution in [2.24, 2.45) is 10.2 Å². The van der Waals surface area contributed by atoms with E-state index in [9.17, 15) is 9.90 Å². The molecule has 1 aromatic carbocycles. The number of hydrogen-bond donors (Lipinski definition) is 1. The molecule has 7 nitrogen and oxygen atoms in total. The Hall–Kier alpha value is -2.28. The molecule has 0 heterocycles. The first kappa shape index (κ1) is 17.8. The van der Waals surface area contributed by atoms with Gasteiger partial charge in [-0.1, -0.05) is 11.6 Å². The van der Waals surface area contributed by atoms with Crippen molar-refractivity contribution in [1.29, 1.82) is 0 Å². The van der Waals surface area contributed by atoms with Crippen molar-refractivity contribution < 1.29 is 24.1 Å². The van der Waals surface area contributed by atoms with Crippen LogP contribution < -0.4 is 9.47 Å². The van der Waals surface area contributed by atoms with E-state index in [0.29, 0.717) is 16.5 Å². The lowest BCUT2D eigenvalue weighted by Crippen LogP contribution is -2.07. The molecule has 0 bridgehead atoms. The lowest BCUT2D eigenvalue weighted by Gasteiger charge is -2.08. The van der Waals surface area contributed by atoms with E-state index < -0.39 is 5.97 Å². The summed E-state index contributed by atoms with van der Waals surface area (Å²) in [7, 11) is 2.92. The Balaban J connectivity index is 3.19. The predicted octanol–water partition coefficient (Wildman–Crippen LogP) is 3.79. The summed E-state index contributed by atoms with van der Waals surface area (Å²) in [6, 6.07) is 3.01. The lowest BCUT2D eigenvalue weighted by atomic mass is 10.3. The quantitative estimate of drug-likeness (QED) is 0.371. The highest BCUT2D eigenvalue weighted by molar-refractivity contribution is 6.32. The van der Waals surface area contributed by atoms with Gasteiger partial charge in [0.1, 0.15) is 22.9 Å². The number of allylic oxidation sites excluding steroid dienone is 1. The molecule has 8 heteroatoms. The van der Waals surface area contributed by atoms with Gasteiger partial charge in [-0.15, -0.1) is 10.2 Å². The summed E-state index contributed by atoms with van der Waals surface area (Å²) in [4.78, 5) is 11.7. The topological polar surface area (TPSA) is 89.7 Å². The summed E-state index contributed by atoms with van der Waals surface area (Å²) in [5.74, 6) is -0.314. The van der Waals surface area contributed by atoms with Crippen LogP contribution in [0.1, 0.15) is 13.8 Å². The molecule has 120 valence electrons. The third kappa shape index (κ3) is 4.36. The fourth-order valence-electron chi connectivity index (χ4n) is 1.49. The standard InChI is InChI=1S/C14H17ClN2O5/c1-5-22-14(19)13(8(2)18)17-16-10-6-9(15)11(20-3)7-12(10)21-4/h6-7,18H,5H2,1-4H3/b13-8-,17-16?. The number of nitrogens with zero attached hydrogens (tertiary/aromatic N) is 2. The third-order valence-corrected chi connectivity index (χ3v) is 2.82. The molecule has 22 heavy (non-hydrogen) atoms. The van der Waals surface area contributed by atoms with Crippen molar-refractivity contribution >= 4 is 23.3 Å². The van der Waals surface area contributed by atoms with E-state index in [4.69, 9.17) is 25.8 Å². The van der Waals surface area contributed by atoms with Gasteiger partial charge in [0.25, 0.3) is 0 Å². The van der Waals surface area contributed by atoms with Gasteiger partial charge in [-0.2, -0.15) is 0 Å². The second-order valence-electron chi connectivity index (χ2n) is 4.01. The van der Waals surface area contributed by atoms with Crippen molar-refractivity contribution in [3.05, 3.63) is 28.6 Å². The largest absolute Gasteiger partial charge is 0.510 e. The Bertz CT molecular complexity index is 609. The highest BCUT2D eigenvalue weighted by atomic mass is 35.5. The molecule has 0 saturated carbocycles. The molecular formula is C14H17ClN2O5. The average molecular weight is 329 g/mol. The maximum Gasteiger partial charge on any atom is 0.362 e. The number of rotatable bonds is 6. The van der Waals surface area contributed by atoms with Crippen molar-refractivity contribution in [3.8, 4) is 11.5 Å². The Morgan fingerprint density at radius 1 is 1.27 bits per heavy atom. The van der Waals surface area contributed by atoms with Gasteiger partial charge in [-0.25, -0.2) is 4.79 Å². The Morgan fingerprint density at radius 2 is 1.91 bits per heavy atom. The maximum absolute atomic E-state index is 11.7. The molecule has 0 aliphatic rings. The summed E-state index contributed by atoms with van der Waals surface area (Å²) in [6.07, 6.45) is 0. The molecule has 0 atom stereocenters. The van der Waals surface area contributed by atoms with Crippen LogP contribution in [0.4, 0.5) is 5.69 Å². The van der Waals surface area contributed by atoms with E-state index in [0.717, 1.165) is 0 Å². The first-order valence-corrected chi connectivity index (χ1v) is 6.72. The first-order chi connectivity index (χ1) is 10.4. The molecule has 1 rings (SSSR count). The van der Waals surface area contributed by atoms with Crippen LogP contribution in [-0.4, -0.2) is 31.9 Å². The van der Waals surface area contributed by atoms with Crippen LogP contribution in [0.25, 0.3) is 0 Å². The number of aliphatic hydroxyl groups excluding tert-OH is 1. The number of carbonyl (C=O) groups excluding carboxylic acids is 1. The summed E-state index contributed by atoms with van der Waals surface area (Å²) in [5.41, 5.74) is -0.0211. The van der Waals surface area contributed by atoms with Crippen LogP contribution in [0.2, 0.25) is 5.02 Å². The minimum atomic E-state index is -0.773. The zero-order valence-corrected chi connectivity index (χ0v) is 13.5. The molecule has 1 aromatic rings. The summed E-state index contributed by atoms with van der Waals surface area (Å²) >= 11 is 6.01. The Labute approximate surface area is 133 Å². The van der Waals surface area contributed by atoms with Crippen LogP contribution in [0, 0.1) is 0 Å². The fourth-order valence-corrected chi connectivity index (χ4v) is 1.72. The molecule has 0 unspecified atom stereocenters. The number of carbonyl (C=O) groups is 1. The van der Waals surface area contributed by atoms with Gasteiger partial charge in [0.05, 0.1) is 25.8 Å². The molecule has 1 N–H and O–H groups in total. The number of hydrogen-bond acceptors (Lipinski definition) is 7. The molecule has 0 aromatic heterocycles. The van der Waals surface area contributed by atoms with Crippen molar-refractivity contribution in [2.45, 2.75) is 13.8 Å². The first-order valence-electron chi connectivity index (χ1n) is 6.34. The Kier molecular flexibility index (Phi) is 6.65. The third-order valence-electron chi connectivity index (χ3n) is 2.52. The molecule has 0 saturated heterocycles. The van der Waals surface area contributed by atoms with Crippen LogP contribution in [-0.2, 0) is 9.53 Å². The molecule has 0 amide bonds. The molecule has 0 aliphatic heterocycles. The summed E-state index contributed by atoms with van der Waals surface area (Å²) in [6.45, 7) is 3.11. The van der Waals surface area contributed by atoms with E-state index in [-0.39, 0.29) is 23.8 Å². The smallest absolute Gasteiger partial charge is 0.362 e. The van der Waals surface area contributed by atoms with Crippen molar-refractivity contribution in [2.75, 3.05) is 20.8 Å². The van der Waals surface area contributed by atoms with Gasteiger partial charge in [-0.3, -0.25) is 0 Å². The minimum absolute atomic E-state index is 0.156. The van der Waals surface area contributed by atoms with Gasteiger partial charge in [-0.05, 0) is 19.9 Å². The zero-order chi connectivity index (χ0) is 16.7. The monoisotopic (exact) mass is 328 g/mol. The SMILES string of the molecule is CCOC(=O)/C(N=Nc1cc(Cl)c(OC)cc1OC)=C(\C)O. The summed E-state index contributed by atoms with van der Waals surface area (Å²) < 4.78 is 15.0. The van der Waals surface area contributed by atoms with Crippen molar-refractivity contribution in [3.63, 3.8) is 0 Å². The van der Waals surface area contributed by atoms with Crippen LogP contribution in [0.5, 0.6) is 11.5 Å². The number of azo groups is 1. The molecule has 0 spiro atoms. The summed E-state index contributed by atoms with van der Waals surface area (Å²) in [5, 5.41) is 17.4.